The lowest BCUT2D eigenvalue weighted by Crippen LogP contribution is -2.08. The fourth-order valence-corrected chi connectivity index (χ4v) is 1.77. The summed E-state index contributed by atoms with van der Waals surface area (Å²) in [5, 5.41) is 8.48. The van der Waals surface area contributed by atoms with Crippen LogP contribution < -0.4 is 10.1 Å². The molecule has 0 saturated heterocycles. The van der Waals surface area contributed by atoms with Gasteiger partial charge in [0.1, 0.15) is 17.7 Å². The molecule has 72 valence electrons. The van der Waals surface area contributed by atoms with Crippen LogP contribution in [0.15, 0.2) is 16.7 Å². The fourth-order valence-electron chi connectivity index (χ4n) is 1.57. The minimum Gasteiger partial charge on any atom is -0.491 e. The average molecular weight is 211 g/mol. The van der Waals surface area contributed by atoms with Gasteiger partial charge in [0.05, 0.1) is 6.54 Å². The van der Waals surface area contributed by atoms with E-state index in [0.29, 0.717) is 23.8 Å². The largest absolute Gasteiger partial charge is 0.491 e. The maximum Gasteiger partial charge on any atom is 0.181 e. The molecule has 0 saturated carbocycles. The molecule has 0 atom stereocenters. The number of halogens is 1. The molecule has 1 aromatic carbocycles. The number of anilines is 1. The zero-order chi connectivity index (χ0) is 9.54. The number of nitrogens with zero attached hydrogens (tertiary/aromatic N) is 1. The van der Waals surface area contributed by atoms with Gasteiger partial charge in [-0.25, -0.2) is 0 Å². The first-order chi connectivity index (χ1) is 6.84. The Kier molecular flexibility index (Phi) is 1.58. The van der Waals surface area contributed by atoms with Gasteiger partial charge in [-0.2, -0.15) is 0 Å². The molecular formula is C9H7ClN2O2. The van der Waals surface area contributed by atoms with Crippen molar-refractivity contribution in [3.05, 3.63) is 17.2 Å². The quantitative estimate of drug-likeness (QED) is 0.725. The molecule has 14 heavy (non-hydrogen) atoms. The second kappa shape index (κ2) is 2.78. The van der Waals surface area contributed by atoms with Gasteiger partial charge in [0.2, 0.25) is 0 Å². The van der Waals surface area contributed by atoms with Crippen LogP contribution in [0.4, 0.5) is 5.82 Å². The van der Waals surface area contributed by atoms with Crippen molar-refractivity contribution in [2.45, 2.75) is 0 Å². The molecule has 0 amide bonds. The van der Waals surface area contributed by atoms with E-state index in [0.717, 1.165) is 17.0 Å². The molecule has 0 unspecified atom stereocenters. The Bertz CT molecular complexity index is 495. The molecule has 0 fully saturated rings. The molecule has 5 heteroatoms. The van der Waals surface area contributed by atoms with E-state index in [4.69, 9.17) is 20.9 Å². The van der Waals surface area contributed by atoms with Gasteiger partial charge < -0.3 is 14.6 Å². The van der Waals surface area contributed by atoms with Crippen LogP contribution >= 0.6 is 11.6 Å². The highest BCUT2D eigenvalue weighted by Crippen LogP contribution is 2.36. The second-order valence-corrected chi connectivity index (χ2v) is 3.52. The Morgan fingerprint density at radius 3 is 3.29 bits per heavy atom. The van der Waals surface area contributed by atoms with E-state index in [1.54, 1.807) is 12.1 Å². The first kappa shape index (κ1) is 7.94. The van der Waals surface area contributed by atoms with Crippen molar-refractivity contribution in [1.29, 1.82) is 0 Å². The first-order valence-electron chi connectivity index (χ1n) is 4.30. The molecule has 1 aromatic heterocycles. The average Bonchev–Trinajstić information content (AvgIpc) is 2.43. The molecular weight excluding hydrogens is 204 g/mol. The molecule has 4 nitrogen and oxygen atoms in total. The zero-order valence-electron chi connectivity index (χ0n) is 7.21. The molecule has 0 spiro atoms. The highest BCUT2D eigenvalue weighted by molar-refractivity contribution is 6.31. The standard InChI is InChI=1S/C9H7ClN2O2/c10-5-3-6-8-7(4-5)14-12-9(8)11-1-2-13-6/h3-4H,1-2H2,(H,11,12). The molecule has 1 N–H and O–H groups in total. The summed E-state index contributed by atoms with van der Waals surface area (Å²) in [6, 6.07) is 3.50. The fraction of sp³-hybridized carbons (Fsp3) is 0.222. The van der Waals surface area contributed by atoms with E-state index in [-0.39, 0.29) is 0 Å². The van der Waals surface area contributed by atoms with Crippen molar-refractivity contribution in [3.8, 4) is 5.75 Å². The van der Waals surface area contributed by atoms with Crippen molar-refractivity contribution >= 4 is 28.4 Å². The van der Waals surface area contributed by atoms with Crippen LogP contribution in [-0.4, -0.2) is 18.3 Å². The number of hydrogen-bond donors (Lipinski definition) is 1. The van der Waals surface area contributed by atoms with Gasteiger partial charge in [-0.3, -0.25) is 0 Å². The van der Waals surface area contributed by atoms with Gasteiger partial charge in [0.25, 0.3) is 0 Å². The second-order valence-electron chi connectivity index (χ2n) is 3.08. The van der Waals surface area contributed by atoms with Crippen molar-refractivity contribution in [2.75, 3.05) is 18.5 Å². The number of nitrogens with one attached hydrogen (secondary N) is 1. The molecule has 0 bridgehead atoms. The Morgan fingerprint density at radius 2 is 2.36 bits per heavy atom. The minimum absolute atomic E-state index is 0.595. The van der Waals surface area contributed by atoms with Crippen LogP contribution in [0.3, 0.4) is 0 Å². The van der Waals surface area contributed by atoms with E-state index in [1.165, 1.54) is 0 Å². The molecule has 0 aliphatic carbocycles. The van der Waals surface area contributed by atoms with E-state index in [9.17, 15) is 0 Å². The van der Waals surface area contributed by atoms with E-state index in [1.807, 2.05) is 0 Å². The Hall–Kier alpha value is -1.42. The summed E-state index contributed by atoms with van der Waals surface area (Å²) in [6.07, 6.45) is 0. The van der Waals surface area contributed by atoms with Crippen LogP contribution in [0, 0.1) is 0 Å². The predicted molar refractivity (Wildman–Crippen MR) is 53.0 cm³/mol. The van der Waals surface area contributed by atoms with Crippen molar-refractivity contribution in [3.63, 3.8) is 0 Å². The SMILES string of the molecule is Clc1cc2c3c(noc3c1)NCCO2. The molecule has 1 aliphatic rings. The normalized spacial score (nSPS) is 14.6. The summed E-state index contributed by atoms with van der Waals surface area (Å²) in [7, 11) is 0. The molecule has 2 heterocycles. The van der Waals surface area contributed by atoms with Crippen molar-refractivity contribution in [2.24, 2.45) is 0 Å². The lowest BCUT2D eigenvalue weighted by atomic mass is 10.2. The van der Waals surface area contributed by atoms with Gasteiger partial charge in [-0.1, -0.05) is 16.8 Å². The molecule has 1 aliphatic heterocycles. The maximum absolute atomic E-state index is 5.90. The maximum atomic E-state index is 5.90. The summed E-state index contributed by atoms with van der Waals surface area (Å²) in [5.41, 5.74) is 0.650. The summed E-state index contributed by atoms with van der Waals surface area (Å²) >= 11 is 5.90. The number of rotatable bonds is 0. The molecule has 3 rings (SSSR count). The number of benzene rings is 1. The topological polar surface area (TPSA) is 47.3 Å². The highest BCUT2D eigenvalue weighted by atomic mass is 35.5. The predicted octanol–water partition coefficient (Wildman–Crippen LogP) is 2.29. The smallest absolute Gasteiger partial charge is 0.181 e. The number of hydrogen-bond acceptors (Lipinski definition) is 4. The Morgan fingerprint density at radius 1 is 1.43 bits per heavy atom. The van der Waals surface area contributed by atoms with Gasteiger partial charge in [0, 0.05) is 11.1 Å². The van der Waals surface area contributed by atoms with Crippen LogP contribution in [-0.2, 0) is 0 Å². The van der Waals surface area contributed by atoms with Gasteiger partial charge in [-0.15, -0.1) is 0 Å². The van der Waals surface area contributed by atoms with E-state index < -0.39 is 0 Å². The third-order valence-electron chi connectivity index (χ3n) is 2.15. The first-order valence-corrected chi connectivity index (χ1v) is 4.68. The van der Waals surface area contributed by atoms with Gasteiger partial charge in [0.15, 0.2) is 11.4 Å². The third kappa shape index (κ3) is 1.04. The van der Waals surface area contributed by atoms with Crippen LogP contribution in [0.25, 0.3) is 11.0 Å². The lowest BCUT2D eigenvalue weighted by molar-refractivity contribution is 0.338. The van der Waals surface area contributed by atoms with Crippen molar-refractivity contribution < 1.29 is 9.26 Å². The summed E-state index contributed by atoms with van der Waals surface area (Å²) in [6.45, 7) is 1.32. The third-order valence-corrected chi connectivity index (χ3v) is 2.37. The Balaban J connectivity index is 2.39. The molecule has 0 radical (unpaired) electrons. The number of ether oxygens (including phenoxy) is 1. The summed E-state index contributed by atoms with van der Waals surface area (Å²) < 4.78 is 10.6. The summed E-state index contributed by atoms with van der Waals surface area (Å²) in [4.78, 5) is 0. The van der Waals surface area contributed by atoms with Crippen LogP contribution in [0.1, 0.15) is 0 Å². The van der Waals surface area contributed by atoms with E-state index in [2.05, 4.69) is 10.5 Å². The van der Waals surface area contributed by atoms with Crippen LogP contribution in [0.2, 0.25) is 5.02 Å². The van der Waals surface area contributed by atoms with E-state index >= 15 is 0 Å². The van der Waals surface area contributed by atoms with Crippen molar-refractivity contribution in [1.82, 2.24) is 5.16 Å². The van der Waals surface area contributed by atoms with Gasteiger partial charge in [-0.05, 0) is 6.07 Å². The summed E-state index contributed by atoms with van der Waals surface area (Å²) in [5.74, 6) is 1.46. The lowest BCUT2D eigenvalue weighted by Gasteiger charge is -2.02. The number of aromatic nitrogens is 1. The van der Waals surface area contributed by atoms with Crippen LogP contribution in [0.5, 0.6) is 5.75 Å². The molecule has 2 aromatic rings. The zero-order valence-corrected chi connectivity index (χ0v) is 7.97. The Labute approximate surface area is 84.8 Å². The van der Waals surface area contributed by atoms with Gasteiger partial charge >= 0.3 is 0 Å². The minimum atomic E-state index is 0.595. The highest BCUT2D eigenvalue weighted by Gasteiger charge is 2.17. The monoisotopic (exact) mass is 210 g/mol.